The van der Waals surface area contributed by atoms with Gasteiger partial charge in [0.05, 0.1) is 12.2 Å². The van der Waals surface area contributed by atoms with Gasteiger partial charge in [0, 0.05) is 12.3 Å². The van der Waals surface area contributed by atoms with Gasteiger partial charge in [0.2, 0.25) is 0 Å². The van der Waals surface area contributed by atoms with Crippen molar-refractivity contribution in [2.45, 2.75) is 13.5 Å². The molecule has 0 atom stereocenters. The summed E-state index contributed by atoms with van der Waals surface area (Å²) in [6, 6.07) is 5.02. The fraction of sp³-hybridized carbons (Fsp3) is 0.200. The van der Waals surface area contributed by atoms with Crippen LogP contribution in [0.5, 0.6) is 0 Å². The first-order chi connectivity index (χ1) is 7.16. The van der Waals surface area contributed by atoms with Crippen molar-refractivity contribution in [3.63, 3.8) is 0 Å². The molecule has 15 heavy (non-hydrogen) atoms. The van der Waals surface area contributed by atoms with E-state index in [4.69, 9.17) is 9.63 Å². The van der Waals surface area contributed by atoms with Gasteiger partial charge in [-0.25, -0.2) is 4.79 Å². The Morgan fingerprint density at radius 2 is 2.47 bits per heavy atom. The second kappa shape index (κ2) is 3.61. The van der Waals surface area contributed by atoms with Gasteiger partial charge in [-0.3, -0.25) is 0 Å². The van der Waals surface area contributed by atoms with Gasteiger partial charge < -0.3 is 14.2 Å². The second-order valence-corrected chi connectivity index (χ2v) is 3.26. The maximum atomic E-state index is 10.8. The number of hydrogen-bond acceptors (Lipinski definition) is 3. The van der Waals surface area contributed by atoms with Crippen molar-refractivity contribution in [3.05, 3.63) is 41.5 Å². The van der Waals surface area contributed by atoms with E-state index in [0.717, 1.165) is 5.69 Å². The third kappa shape index (κ3) is 1.90. The lowest BCUT2D eigenvalue weighted by Gasteiger charge is -2.01. The van der Waals surface area contributed by atoms with Crippen LogP contribution in [-0.2, 0) is 6.54 Å². The zero-order chi connectivity index (χ0) is 10.8. The molecule has 0 spiro atoms. The molecule has 2 rings (SSSR count). The molecular weight excluding hydrogens is 196 g/mol. The quantitative estimate of drug-likeness (QED) is 0.826. The molecule has 0 fully saturated rings. The molecule has 0 bridgehead atoms. The number of nitrogens with zero attached hydrogens (tertiary/aromatic N) is 2. The number of carboxylic acids is 1. The average Bonchev–Trinajstić information content (AvgIpc) is 2.75. The molecule has 5 heteroatoms. The maximum Gasteiger partial charge on any atom is 0.352 e. The molecule has 0 radical (unpaired) electrons. The van der Waals surface area contributed by atoms with E-state index in [-0.39, 0.29) is 5.69 Å². The van der Waals surface area contributed by atoms with Crippen LogP contribution in [0.15, 0.2) is 28.9 Å². The molecular formula is C10H10N2O3. The fourth-order valence-corrected chi connectivity index (χ4v) is 1.40. The van der Waals surface area contributed by atoms with Gasteiger partial charge >= 0.3 is 5.97 Å². The van der Waals surface area contributed by atoms with Crippen molar-refractivity contribution in [2.75, 3.05) is 0 Å². The molecule has 0 amide bonds. The van der Waals surface area contributed by atoms with Crippen LogP contribution in [0.4, 0.5) is 0 Å². The summed E-state index contributed by atoms with van der Waals surface area (Å²) in [7, 11) is 0. The Labute approximate surface area is 85.9 Å². The highest BCUT2D eigenvalue weighted by atomic mass is 16.5. The molecule has 2 aromatic rings. The Hall–Kier alpha value is -2.04. The smallest absolute Gasteiger partial charge is 0.352 e. The maximum absolute atomic E-state index is 10.8. The van der Waals surface area contributed by atoms with E-state index in [1.54, 1.807) is 29.0 Å². The van der Waals surface area contributed by atoms with E-state index in [1.165, 1.54) is 0 Å². The Morgan fingerprint density at radius 1 is 1.67 bits per heavy atom. The van der Waals surface area contributed by atoms with Gasteiger partial charge in [0.25, 0.3) is 0 Å². The van der Waals surface area contributed by atoms with Crippen LogP contribution in [0.3, 0.4) is 0 Å². The molecule has 0 saturated carbocycles. The molecule has 2 heterocycles. The Kier molecular flexibility index (Phi) is 2.29. The van der Waals surface area contributed by atoms with E-state index in [2.05, 4.69) is 5.16 Å². The summed E-state index contributed by atoms with van der Waals surface area (Å²) in [5.41, 5.74) is 1.03. The largest absolute Gasteiger partial charge is 0.477 e. The zero-order valence-electron chi connectivity index (χ0n) is 8.17. The first kappa shape index (κ1) is 9.51. The van der Waals surface area contributed by atoms with E-state index in [0.29, 0.717) is 12.3 Å². The minimum absolute atomic E-state index is 0.240. The van der Waals surface area contributed by atoms with Gasteiger partial charge in [-0.05, 0) is 19.1 Å². The topological polar surface area (TPSA) is 68.3 Å². The van der Waals surface area contributed by atoms with Gasteiger partial charge in [-0.1, -0.05) is 5.16 Å². The third-order valence-corrected chi connectivity index (χ3v) is 2.05. The van der Waals surface area contributed by atoms with E-state index in [9.17, 15) is 4.79 Å². The minimum Gasteiger partial charge on any atom is -0.477 e. The molecule has 0 aromatic carbocycles. The fourth-order valence-electron chi connectivity index (χ4n) is 1.40. The van der Waals surface area contributed by atoms with Crippen LogP contribution >= 0.6 is 0 Å². The van der Waals surface area contributed by atoms with Crippen LogP contribution < -0.4 is 0 Å². The monoisotopic (exact) mass is 206 g/mol. The number of aryl methyl sites for hydroxylation is 1. The number of carboxylic acid groups (broad SMARTS) is 1. The van der Waals surface area contributed by atoms with Crippen LogP contribution in [0.1, 0.15) is 21.9 Å². The van der Waals surface area contributed by atoms with Gasteiger partial charge in [-0.2, -0.15) is 0 Å². The lowest BCUT2D eigenvalue weighted by Crippen LogP contribution is -2.07. The highest BCUT2D eigenvalue weighted by molar-refractivity contribution is 5.85. The molecule has 0 saturated heterocycles. The van der Waals surface area contributed by atoms with Crippen molar-refractivity contribution in [1.82, 2.24) is 9.72 Å². The molecule has 0 unspecified atom stereocenters. The number of aromatic nitrogens is 2. The molecule has 0 aliphatic rings. The number of carbonyl (C=O) groups is 1. The summed E-state index contributed by atoms with van der Waals surface area (Å²) in [6.07, 6.45) is 1.70. The minimum atomic E-state index is -0.948. The molecule has 2 aromatic heterocycles. The molecule has 0 aliphatic heterocycles. The molecule has 0 aliphatic carbocycles. The standard InChI is InChI=1S/C10H10N2O3/c1-7-5-8(15-11-7)6-12-4-2-3-9(12)10(13)14/h2-5H,6H2,1H3,(H,13,14). The Balaban J connectivity index is 2.24. The lowest BCUT2D eigenvalue weighted by atomic mass is 10.3. The van der Waals surface area contributed by atoms with Crippen molar-refractivity contribution in [3.8, 4) is 0 Å². The van der Waals surface area contributed by atoms with E-state index < -0.39 is 5.97 Å². The lowest BCUT2D eigenvalue weighted by molar-refractivity contribution is 0.0685. The number of aromatic carboxylic acids is 1. The van der Waals surface area contributed by atoms with E-state index in [1.807, 2.05) is 6.92 Å². The summed E-state index contributed by atoms with van der Waals surface area (Å²) < 4.78 is 6.61. The summed E-state index contributed by atoms with van der Waals surface area (Å²) in [5, 5.41) is 12.6. The van der Waals surface area contributed by atoms with Gasteiger partial charge in [0.15, 0.2) is 5.76 Å². The zero-order valence-corrected chi connectivity index (χ0v) is 8.17. The Morgan fingerprint density at radius 3 is 3.07 bits per heavy atom. The Bertz CT molecular complexity index is 484. The molecule has 5 nitrogen and oxygen atoms in total. The average molecular weight is 206 g/mol. The van der Waals surface area contributed by atoms with Gasteiger partial charge in [0.1, 0.15) is 5.69 Å². The molecule has 78 valence electrons. The first-order valence-electron chi connectivity index (χ1n) is 4.47. The van der Waals surface area contributed by atoms with E-state index >= 15 is 0 Å². The normalized spacial score (nSPS) is 10.5. The predicted molar refractivity (Wildman–Crippen MR) is 51.7 cm³/mol. The summed E-state index contributed by atoms with van der Waals surface area (Å²) in [4.78, 5) is 10.8. The van der Waals surface area contributed by atoms with Crippen molar-refractivity contribution in [2.24, 2.45) is 0 Å². The number of hydrogen-bond donors (Lipinski definition) is 1. The first-order valence-corrected chi connectivity index (χ1v) is 4.47. The van der Waals surface area contributed by atoms with Crippen LogP contribution in [-0.4, -0.2) is 20.8 Å². The summed E-state index contributed by atoms with van der Waals surface area (Å²) >= 11 is 0. The van der Waals surface area contributed by atoms with Crippen molar-refractivity contribution < 1.29 is 14.4 Å². The molecule has 1 N–H and O–H groups in total. The van der Waals surface area contributed by atoms with Crippen LogP contribution in [0, 0.1) is 6.92 Å². The van der Waals surface area contributed by atoms with Crippen LogP contribution in [0.25, 0.3) is 0 Å². The summed E-state index contributed by atoms with van der Waals surface area (Å²) in [6.45, 7) is 2.20. The SMILES string of the molecule is Cc1cc(Cn2cccc2C(=O)O)on1. The summed E-state index contributed by atoms with van der Waals surface area (Å²) in [5.74, 6) is -0.303. The second-order valence-electron chi connectivity index (χ2n) is 3.26. The highest BCUT2D eigenvalue weighted by Gasteiger charge is 2.10. The van der Waals surface area contributed by atoms with Crippen LogP contribution in [0.2, 0.25) is 0 Å². The van der Waals surface area contributed by atoms with Crippen molar-refractivity contribution in [1.29, 1.82) is 0 Å². The predicted octanol–water partition coefficient (Wildman–Crippen LogP) is 1.53. The highest BCUT2D eigenvalue weighted by Crippen LogP contribution is 2.08. The third-order valence-electron chi connectivity index (χ3n) is 2.05. The van der Waals surface area contributed by atoms with Crippen molar-refractivity contribution >= 4 is 5.97 Å². The van der Waals surface area contributed by atoms with Gasteiger partial charge in [-0.15, -0.1) is 0 Å². The number of rotatable bonds is 3.